The normalized spacial score (nSPS) is 15.5. The topological polar surface area (TPSA) is 95.6 Å². The average Bonchev–Trinajstić information content (AvgIpc) is 3.57. The summed E-state index contributed by atoms with van der Waals surface area (Å²) in [4.78, 5) is 27.2. The molecule has 1 fully saturated rings. The molecule has 5 heterocycles. The van der Waals surface area contributed by atoms with Gasteiger partial charge in [-0.3, -0.25) is 0 Å². The van der Waals surface area contributed by atoms with Crippen LogP contribution in [0.5, 0.6) is 5.88 Å². The number of alkyl halides is 3. The molecule has 0 unspecified atom stereocenters. The number of aromatic amines is 2. The first-order valence-corrected chi connectivity index (χ1v) is 13.0. The number of aromatic nitrogens is 6. The van der Waals surface area contributed by atoms with Gasteiger partial charge in [0, 0.05) is 42.0 Å². The van der Waals surface area contributed by atoms with Gasteiger partial charge in [0.15, 0.2) is 0 Å². The second-order valence-corrected chi connectivity index (χ2v) is 10.4. The predicted molar refractivity (Wildman–Crippen MR) is 146 cm³/mol. The van der Waals surface area contributed by atoms with E-state index in [0.29, 0.717) is 11.4 Å². The first-order chi connectivity index (χ1) is 19.1. The Hall–Kier alpha value is -4.41. The Balaban J connectivity index is 1.21. The van der Waals surface area contributed by atoms with Gasteiger partial charge in [-0.25, -0.2) is 19.9 Å². The molecular weight excluding hydrogens is 519 g/mol. The zero-order valence-corrected chi connectivity index (χ0v) is 22.3. The molecule has 40 heavy (non-hydrogen) atoms. The van der Waals surface area contributed by atoms with Crippen LogP contribution in [0.15, 0.2) is 55.0 Å². The minimum absolute atomic E-state index is 0.213. The average molecular weight is 548 g/mol. The molecule has 6 rings (SSSR count). The van der Waals surface area contributed by atoms with E-state index in [1.54, 1.807) is 19.6 Å². The number of ether oxygens (including phenoxy) is 1. The van der Waals surface area contributed by atoms with Gasteiger partial charge in [0.2, 0.25) is 5.88 Å². The Morgan fingerprint density at radius 3 is 2.33 bits per heavy atom. The van der Waals surface area contributed by atoms with Crippen LogP contribution in [-0.4, -0.2) is 50.1 Å². The Morgan fingerprint density at radius 2 is 1.68 bits per heavy atom. The van der Waals surface area contributed by atoms with Crippen LogP contribution in [-0.2, 0) is 11.6 Å². The fourth-order valence-electron chi connectivity index (χ4n) is 5.30. The largest absolute Gasteiger partial charge is 0.481 e. The molecular formula is C29H28F3N7O. The van der Waals surface area contributed by atoms with Crippen molar-refractivity contribution in [1.29, 1.82) is 0 Å². The van der Waals surface area contributed by atoms with Gasteiger partial charge in [-0.2, -0.15) is 13.2 Å². The Bertz CT molecular complexity index is 1650. The molecule has 5 aromatic rings. The van der Waals surface area contributed by atoms with Gasteiger partial charge >= 0.3 is 6.18 Å². The van der Waals surface area contributed by atoms with Gasteiger partial charge in [-0.15, -0.1) is 0 Å². The second-order valence-electron chi connectivity index (χ2n) is 10.4. The standard InChI is InChI=1S/C29H28F3N7O/c1-17-24(18-4-7-20(8-5-18)29(30,31)32)38-27(36-17)28(2)10-12-39(13-11-28)26-21-14-22(37-25(21)34-16-35-26)19-6-9-23(40-3)33-15-19/h4-9,14-16H,10-13H2,1-3H3,(H,36,38)(H,34,35,37). The number of halogens is 3. The van der Waals surface area contributed by atoms with Gasteiger partial charge < -0.3 is 19.6 Å². The molecule has 0 atom stereocenters. The van der Waals surface area contributed by atoms with Crippen LogP contribution in [0.1, 0.15) is 36.8 Å². The van der Waals surface area contributed by atoms with Crippen LogP contribution in [0.25, 0.3) is 33.5 Å². The number of H-pyrrole nitrogens is 2. The lowest BCUT2D eigenvalue weighted by Crippen LogP contribution is -2.42. The molecule has 206 valence electrons. The number of benzene rings is 1. The zero-order valence-electron chi connectivity index (χ0n) is 22.3. The monoisotopic (exact) mass is 547 g/mol. The molecule has 2 N–H and O–H groups in total. The number of aryl methyl sites for hydroxylation is 1. The van der Waals surface area contributed by atoms with Crippen LogP contribution in [0.3, 0.4) is 0 Å². The van der Waals surface area contributed by atoms with E-state index >= 15 is 0 Å². The van der Waals surface area contributed by atoms with E-state index in [-0.39, 0.29) is 5.41 Å². The lowest BCUT2D eigenvalue weighted by molar-refractivity contribution is -0.137. The molecule has 0 amide bonds. The third kappa shape index (κ3) is 4.65. The summed E-state index contributed by atoms with van der Waals surface area (Å²) in [5, 5.41) is 0.940. The molecule has 8 nitrogen and oxygen atoms in total. The number of pyridine rings is 1. The number of fused-ring (bicyclic) bond motifs is 1. The van der Waals surface area contributed by atoms with Gasteiger partial charge in [0.05, 0.1) is 29.4 Å². The van der Waals surface area contributed by atoms with Crippen LogP contribution in [0.2, 0.25) is 0 Å². The van der Waals surface area contributed by atoms with E-state index in [1.165, 1.54) is 12.1 Å². The van der Waals surface area contributed by atoms with E-state index in [1.807, 2.05) is 25.1 Å². The molecule has 11 heteroatoms. The van der Waals surface area contributed by atoms with Crippen molar-refractivity contribution in [3.05, 3.63) is 72.1 Å². The van der Waals surface area contributed by atoms with Gasteiger partial charge in [0.25, 0.3) is 0 Å². The Labute approximate surface area is 228 Å². The van der Waals surface area contributed by atoms with E-state index in [0.717, 1.165) is 83.4 Å². The van der Waals surface area contributed by atoms with Crippen LogP contribution in [0, 0.1) is 6.92 Å². The molecule has 0 saturated carbocycles. The fourth-order valence-corrected chi connectivity index (χ4v) is 5.30. The maximum Gasteiger partial charge on any atom is 0.416 e. The number of hydrogen-bond acceptors (Lipinski definition) is 6. The molecule has 1 aromatic carbocycles. The summed E-state index contributed by atoms with van der Waals surface area (Å²) in [6, 6.07) is 11.0. The summed E-state index contributed by atoms with van der Waals surface area (Å²) in [6.45, 7) is 5.59. The lowest BCUT2D eigenvalue weighted by atomic mass is 9.79. The van der Waals surface area contributed by atoms with Gasteiger partial charge in [-0.1, -0.05) is 19.1 Å². The quantitative estimate of drug-likeness (QED) is 0.268. The molecule has 0 bridgehead atoms. The van der Waals surface area contributed by atoms with Crippen molar-refractivity contribution in [2.24, 2.45) is 0 Å². The summed E-state index contributed by atoms with van der Waals surface area (Å²) >= 11 is 0. The third-order valence-corrected chi connectivity index (χ3v) is 7.78. The minimum atomic E-state index is -4.36. The van der Waals surface area contributed by atoms with Crippen molar-refractivity contribution in [2.45, 2.75) is 38.3 Å². The Kier molecular flexibility index (Phi) is 6.24. The number of rotatable bonds is 5. The highest BCUT2D eigenvalue weighted by molar-refractivity contribution is 5.91. The Morgan fingerprint density at radius 1 is 0.950 bits per heavy atom. The lowest BCUT2D eigenvalue weighted by Gasteiger charge is -2.38. The van der Waals surface area contributed by atoms with E-state index in [9.17, 15) is 13.2 Å². The van der Waals surface area contributed by atoms with Crippen molar-refractivity contribution in [2.75, 3.05) is 25.1 Å². The fraction of sp³-hybridized carbons (Fsp3) is 0.310. The van der Waals surface area contributed by atoms with E-state index in [4.69, 9.17) is 9.72 Å². The number of piperidine rings is 1. The molecule has 1 aliphatic heterocycles. The van der Waals surface area contributed by atoms with Crippen molar-refractivity contribution >= 4 is 16.9 Å². The third-order valence-electron chi connectivity index (χ3n) is 7.78. The second kappa shape index (κ2) is 9.65. The number of nitrogens with one attached hydrogen (secondary N) is 2. The maximum atomic E-state index is 13.0. The van der Waals surface area contributed by atoms with Gasteiger partial charge in [-0.05, 0) is 49.6 Å². The zero-order chi connectivity index (χ0) is 28.1. The highest BCUT2D eigenvalue weighted by Gasteiger charge is 2.36. The smallest absolute Gasteiger partial charge is 0.416 e. The molecule has 0 aliphatic carbocycles. The number of imidazole rings is 1. The summed E-state index contributed by atoms with van der Waals surface area (Å²) in [7, 11) is 1.59. The summed E-state index contributed by atoms with van der Waals surface area (Å²) < 4.78 is 44.2. The van der Waals surface area contributed by atoms with Crippen LogP contribution < -0.4 is 9.64 Å². The van der Waals surface area contributed by atoms with Crippen molar-refractivity contribution in [1.82, 2.24) is 29.9 Å². The predicted octanol–water partition coefficient (Wildman–Crippen LogP) is 6.30. The first-order valence-electron chi connectivity index (χ1n) is 13.0. The molecule has 4 aromatic heterocycles. The number of nitrogens with zero attached hydrogens (tertiary/aromatic N) is 5. The maximum absolute atomic E-state index is 13.0. The summed E-state index contributed by atoms with van der Waals surface area (Å²) in [5.74, 6) is 2.27. The SMILES string of the molecule is COc1ccc(-c2cc3c(N4CCC(C)(c5nc(C)c(-c6ccc(C(F)(F)F)cc6)[nH]5)CC4)ncnc3[nH]2)cn1. The summed E-state index contributed by atoms with van der Waals surface area (Å²) in [5.41, 5.74) is 3.90. The van der Waals surface area contributed by atoms with Crippen molar-refractivity contribution in [3.63, 3.8) is 0 Å². The number of methoxy groups -OCH3 is 1. The number of anilines is 1. The van der Waals surface area contributed by atoms with E-state index < -0.39 is 11.7 Å². The molecule has 0 spiro atoms. The van der Waals surface area contributed by atoms with E-state index in [2.05, 4.69) is 36.7 Å². The molecule has 0 radical (unpaired) electrons. The van der Waals surface area contributed by atoms with Crippen LogP contribution in [0.4, 0.5) is 19.0 Å². The van der Waals surface area contributed by atoms with Crippen molar-refractivity contribution in [3.8, 4) is 28.4 Å². The van der Waals surface area contributed by atoms with Crippen LogP contribution >= 0.6 is 0 Å². The molecule has 1 aliphatic rings. The highest BCUT2D eigenvalue weighted by atomic mass is 19.4. The summed E-state index contributed by atoms with van der Waals surface area (Å²) in [6.07, 6.45) is 0.630. The minimum Gasteiger partial charge on any atom is -0.481 e. The molecule has 1 saturated heterocycles. The highest BCUT2D eigenvalue weighted by Crippen LogP contribution is 2.39. The first kappa shape index (κ1) is 25.8. The van der Waals surface area contributed by atoms with Crippen molar-refractivity contribution < 1.29 is 17.9 Å². The number of hydrogen-bond donors (Lipinski definition) is 2. The van der Waals surface area contributed by atoms with Gasteiger partial charge in [0.1, 0.15) is 23.6 Å².